The largest absolute Gasteiger partial charge is 0.426 e. The van der Waals surface area contributed by atoms with Gasteiger partial charge in [0.2, 0.25) is 0 Å². The fourth-order valence-corrected chi connectivity index (χ4v) is 3.89. The Kier molecular flexibility index (Phi) is 4.79. The molecule has 0 spiro atoms. The molecule has 26 heavy (non-hydrogen) atoms. The van der Waals surface area contributed by atoms with Gasteiger partial charge in [0.25, 0.3) is 5.91 Å². The molecule has 0 aliphatic carbocycles. The standard InChI is InChI=1S/C16H9F3N2O3S2/c17-16(18,19)14-13(9-4-2-1-3-5-9)10(8-25-14)20-15(22)11-6-7-12(26-11)21(23)24/h1-8H,(H,20,22). The van der Waals surface area contributed by atoms with E-state index in [0.29, 0.717) is 28.2 Å². The van der Waals surface area contributed by atoms with Crippen LogP contribution in [0, 0.1) is 10.1 Å². The van der Waals surface area contributed by atoms with Crippen molar-refractivity contribution < 1.29 is 22.9 Å². The van der Waals surface area contributed by atoms with E-state index in [4.69, 9.17) is 0 Å². The molecular weight excluding hydrogens is 389 g/mol. The van der Waals surface area contributed by atoms with Crippen LogP contribution in [0.2, 0.25) is 0 Å². The summed E-state index contributed by atoms with van der Waals surface area (Å²) in [5, 5.41) is 14.1. The summed E-state index contributed by atoms with van der Waals surface area (Å²) in [6.45, 7) is 0. The second-order valence-corrected chi connectivity index (χ2v) is 7.01. The summed E-state index contributed by atoms with van der Waals surface area (Å²) < 4.78 is 40.0. The lowest BCUT2D eigenvalue weighted by atomic mass is 10.0. The van der Waals surface area contributed by atoms with Gasteiger partial charge < -0.3 is 5.32 Å². The van der Waals surface area contributed by atoms with Crippen LogP contribution in [0.4, 0.5) is 23.9 Å². The highest BCUT2D eigenvalue weighted by Gasteiger charge is 2.37. The summed E-state index contributed by atoms with van der Waals surface area (Å²) in [4.78, 5) is 21.6. The minimum Gasteiger partial charge on any atom is -0.320 e. The van der Waals surface area contributed by atoms with Crippen molar-refractivity contribution in [1.82, 2.24) is 0 Å². The van der Waals surface area contributed by atoms with Crippen molar-refractivity contribution in [3.05, 3.63) is 67.7 Å². The van der Waals surface area contributed by atoms with E-state index in [1.54, 1.807) is 18.2 Å². The molecule has 0 bridgehead atoms. The van der Waals surface area contributed by atoms with Gasteiger partial charge in [-0.05, 0) is 11.6 Å². The van der Waals surface area contributed by atoms with Crippen molar-refractivity contribution in [2.24, 2.45) is 0 Å². The van der Waals surface area contributed by atoms with Gasteiger partial charge in [0.05, 0.1) is 15.5 Å². The van der Waals surface area contributed by atoms with Crippen molar-refractivity contribution >= 4 is 39.3 Å². The predicted molar refractivity (Wildman–Crippen MR) is 93.7 cm³/mol. The quantitative estimate of drug-likeness (QED) is 0.456. The van der Waals surface area contributed by atoms with Gasteiger partial charge in [0.1, 0.15) is 4.88 Å². The molecule has 0 radical (unpaired) electrons. The van der Waals surface area contributed by atoms with Crippen molar-refractivity contribution in [3.63, 3.8) is 0 Å². The number of anilines is 1. The Bertz CT molecular complexity index is 965. The number of hydrogen-bond donors (Lipinski definition) is 1. The maximum absolute atomic E-state index is 13.3. The first-order valence-electron chi connectivity index (χ1n) is 7.07. The van der Waals surface area contributed by atoms with Crippen LogP contribution in [-0.4, -0.2) is 10.8 Å². The molecule has 134 valence electrons. The molecule has 3 rings (SSSR count). The molecule has 0 unspecified atom stereocenters. The molecule has 0 saturated heterocycles. The molecule has 2 heterocycles. The molecule has 0 fully saturated rings. The number of hydrogen-bond acceptors (Lipinski definition) is 5. The zero-order chi connectivity index (χ0) is 18.9. The van der Waals surface area contributed by atoms with Gasteiger partial charge in [-0.15, -0.1) is 11.3 Å². The summed E-state index contributed by atoms with van der Waals surface area (Å²) in [6.07, 6.45) is -4.57. The Morgan fingerprint density at radius 3 is 2.38 bits per heavy atom. The number of rotatable bonds is 4. The molecule has 3 aromatic rings. The highest BCUT2D eigenvalue weighted by Crippen LogP contribution is 2.45. The number of nitro groups is 1. The molecule has 0 aliphatic heterocycles. The summed E-state index contributed by atoms with van der Waals surface area (Å²) in [6, 6.07) is 10.3. The van der Waals surface area contributed by atoms with E-state index in [1.807, 2.05) is 0 Å². The Morgan fingerprint density at radius 2 is 1.81 bits per heavy atom. The van der Waals surface area contributed by atoms with Gasteiger partial charge in [-0.3, -0.25) is 14.9 Å². The molecule has 10 heteroatoms. The number of amides is 1. The highest BCUT2D eigenvalue weighted by molar-refractivity contribution is 7.17. The smallest absolute Gasteiger partial charge is 0.320 e. The lowest BCUT2D eigenvalue weighted by Gasteiger charge is -2.11. The Hall–Kier alpha value is -2.72. The molecule has 1 aromatic carbocycles. The summed E-state index contributed by atoms with van der Waals surface area (Å²) in [5.74, 6) is -0.702. The molecule has 1 amide bonds. The van der Waals surface area contributed by atoms with Gasteiger partial charge in [0.15, 0.2) is 0 Å². The maximum atomic E-state index is 13.3. The monoisotopic (exact) mass is 398 g/mol. The zero-order valence-corrected chi connectivity index (χ0v) is 14.4. The minimum absolute atomic E-state index is 0.00887. The third-order valence-corrected chi connectivity index (χ3v) is 5.42. The molecule has 0 saturated carbocycles. The second-order valence-electron chi connectivity index (χ2n) is 5.07. The first kappa shape index (κ1) is 18.1. The average molecular weight is 398 g/mol. The lowest BCUT2D eigenvalue weighted by Crippen LogP contribution is -2.11. The van der Waals surface area contributed by atoms with Crippen LogP contribution in [-0.2, 0) is 6.18 Å². The van der Waals surface area contributed by atoms with Crippen molar-refractivity contribution in [2.75, 3.05) is 5.32 Å². The number of alkyl halides is 3. The van der Waals surface area contributed by atoms with E-state index in [9.17, 15) is 28.1 Å². The number of halogens is 3. The summed E-state index contributed by atoms with van der Waals surface area (Å²) >= 11 is 1.13. The summed E-state index contributed by atoms with van der Waals surface area (Å²) in [7, 11) is 0. The third-order valence-electron chi connectivity index (χ3n) is 3.35. The van der Waals surface area contributed by atoms with Crippen LogP contribution in [0.15, 0.2) is 47.8 Å². The SMILES string of the molecule is O=C(Nc1csc(C(F)(F)F)c1-c1ccccc1)c1ccc([N+](=O)[O-])s1. The molecule has 1 N–H and O–H groups in total. The Balaban J connectivity index is 1.98. The number of nitrogens with zero attached hydrogens (tertiary/aromatic N) is 1. The van der Waals surface area contributed by atoms with E-state index < -0.39 is 21.9 Å². The molecule has 0 atom stereocenters. The van der Waals surface area contributed by atoms with Crippen LogP contribution in [0.25, 0.3) is 11.1 Å². The molecular formula is C16H9F3N2O3S2. The van der Waals surface area contributed by atoms with E-state index in [-0.39, 0.29) is 21.1 Å². The lowest BCUT2D eigenvalue weighted by molar-refractivity contribution is -0.380. The van der Waals surface area contributed by atoms with E-state index >= 15 is 0 Å². The van der Waals surface area contributed by atoms with E-state index in [1.165, 1.54) is 29.6 Å². The number of nitrogens with one attached hydrogen (secondary N) is 1. The Labute approximate surface area is 152 Å². The van der Waals surface area contributed by atoms with Gasteiger partial charge in [-0.2, -0.15) is 13.2 Å². The predicted octanol–water partition coefficient (Wildman–Crippen LogP) is 5.66. The normalized spacial score (nSPS) is 11.3. The average Bonchev–Trinajstić information content (AvgIpc) is 3.22. The summed E-state index contributed by atoms with van der Waals surface area (Å²) in [5.41, 5.74) is 0.200. The fourth-order valence-electron chi connectivity index (χ4n) is 2.28. The van der Waals surface area contributed by atoms with E-state index in [0.717, 1.165) is 0 Å². The Morgan fingerprint density at radius 1 is 1.12 bits per heavy atom. The molecule has 0 aliphatic rings. The first-order valence-corrected chi connectivity index (χ1v) is 8.76. The third kappa shape index (κ3) is 3.60. The van der Waals surface area contributed by atoms with Crippen LogP contribution >= 0.6 is 22.7 Å². The van der Waals surface area contributed by atoms with Crippen molar-refractivity contribution in [3.8, 4) is 11.1 Å². The van der Waals surface area contributed by atoms with Crippen LogP contribution in [0.3, 0.4) is 0 Å². The van der Waals surface area contributed by atoms with Gasteiger partial charge in [0, 0.05) is 17.0 Å². The fraction of sp³-hybridized carbons (Fsp3) is 0.0625. The zero-order valence-electron chi connectivity index (χ0n) is 12.7. The van der Waals surface area contributed by atoms with Crippen molar-refractivity contribution in [2.45, 2.75) is 6.18 Å². The highest BCUT2D eigenvalue weighted by atomic mass is 32.1. The van der Waals surface area contributed by atoms with Gasteiger partial charge in [-0.25, -0.2) is 0 Å². The second kappa shape index (κ2) is 6.89. The van der Waals surface area contributed by atoms with Crippen LogP contribution in [0.5, 0.6) is 0 Å². The molecule has 2 aromatic heterocycles. The van der Waals surface area contributed by atoms with E-state index in [2.05, 4.69) is 5.32 Å². The van der Waals surface area contributed by atoms with Crippen molar-refractivity contribution in [1.29, 1.82) is 0 Å². The maximum Gasteiger partial charge on any atom is 0.426 e. The minimum atomic E-state index is -4.57. The number of carbonyl (C=O) groups is 1. The molecule has 5 nitrogen and oxygen atoms in total. The number of benzene rings is 1. The number of carbonyl (C=O) groups excluding carboxylic acids is 1. The van der Waals surface area contributed by atoms with Gasteiger partial charge >= 0.3 is 11.2 Å². The van der Waals surface area contributed by atoms with Crippen LogP contribution < -0.4 is 5.32 Å². The first-order chi connectivity index (χ1) is 12.3. The van der Waals surface area contributed by atoms with Gasteiger partial charge in [-0.1, -0.05) is 41.7 Å². The topological polar surface area (TPSA) is 72.2 Å². The number of thiophene rings is 2. The van der Waals surface area contributed by atoms with Crippen LogP contribution in [0.1, 0.15) is 14.5 Å².